The van der Waals surface area contributed by atoms with Crippen LogP contribution < -0.4 is 10.1 Å². The molecule has 1 fully saturated rings. The third-order valence-corrected chi connectivity index (χ3v) is 6.35. The number of benzene rings is 2. The molecule has 1 saturated heterocycles. The number of hydrogen-bond donors (Lipinski definition) is 2. The second-order valence-electron chi connectivity index (χ2n) is 8.61. The van der Waals surface area contributed by atoms with E-state index in [1.807, 2.05) is 56.5 Å². The second kappa shape index (κ2) is 11.5. The van der Waals surface area contributed by atoms with Crippen molar-refractivity contribution in [1.29, 1.82) is 0 Å². The number of aryl methyl sites for hydroxylation is 3. The van der Waals surface area contributed by atoms with E-state index in [1.165, 1.54) is 10.5 Å². The highest BCUT2D eigenvalue weighted by Crippen LogP contribution is 2.28. The van der Waals surface area contributed by atoms with E-state index in [1.54, 1.807) is 25.6 Å². The lowest BCUT2D eigenvalue weighted by atomic mass is 9.97. The molecule has 2 N–H and O–H groups in total. The summed E-state index contributed by atoms with van der Waals surface area (Å²) in [6.45, 7) is 10.9. The number of aliphatic carboxylic acids is 1. The van der Waals surface area contributed by atoms with Crippen LogP contribution in [0.3, 0.4) is 0 Å². The molecule has 1 aliphatic rings. The quantitative estimate of drug-likeness (QED) is 0.434. The van der Waals surface area contributed by atoms with Gasteiger partial charge in [-0.2, -0.15) is 0 Å². The molecule has 1 unspecified atom stereocenters. The Bertz CT molecular complexity index is 908. The van der Waals surface area contributed by atoms with Gasteiger partial charge in [0.25, 0.3) is 0 Å². The number of rotatable bonds is 7. The van der Waals surface area contributed by atoms with E-state index in [0.29, 0.717) is 5.75 Å². The summed E-state index contributed by atoms with van der Waals surface area (Å²) in [5.41, 5.74) is 2.85. The van der Waals surface area contributed by atoms with Crippen molar-refractivity contribution < 1.29 is 19.4 Å². The molecule has 0 aromatic heterocycles. The standard InChI is InChI=1S/C14H20O3.C12H15NOS/c1-6-11-7-9(2)12(10(3)8-11)17-14(4,5)13(15)16;1-15-11-4-2-9(3-5-11)12(14)10-6-7-13-8-10/h7-8H,6H2,1-5H3,(H,15,16);2-5,10,13H,6-8H2,1H3. The van der Waals surface area contributed by atoms with E-state index >= 15 is 0 Å². The van der Waals surface area contributed by atoms with Gasteiger partial charge in [0.15, 0.2) is 11.4 Å². The van der Waals surface area contributed by atoms with E-state index in [9.17, 15) is 9.59 Å². The van der Waals surface area contributed by atoms with Crippen molar-refractivity contribution in [2.75, 3.05) is 19.3 Å². The van der Waals surface area contributed by atoms with Crippen molar-refractivity contribution in [3.8, 4) is 5.75 Å². The average molecular weight is 458 g/mol. The zero-order valence-electron chi connectivity index (χ0n) is 20.0. The SMILES string of the molecule is CCc1cc(C)c(OC(C)(C)C(=O)O)c(C)c1.CSc1ccc(C(=O)C2CCNC2)cc1. The van der Waals surface area contributed by atoms with Crippen LogP contribution in [0.1, 0.15) is 54.2 Å². The smallest absolute Gasteiger partial charge is 0.347 e. The molecule has 2 aromatic carbocycles. The molecule has 0 saturated carbocycles. The van der Waals surface area contributed by atoms with Gasteiger partial charge in [0, 0.05) is 22.9 Å². The summed E-state index contributed by atoms with van der Waals surface area (Å²) in [5.74, 6) is 0.184. The van der Waals surface area contributed by atoms with Gasteiger partial charge in [-0.3, -0.25) is 4.79 Å². The topological polar surface area (TPSA) is 75.6 Å². The fourth-order valence-electron chi connectivity index (χ4n) is 3.57. The van der Waals surface area contributed by atoms with Gasteiger partial charge in [0.05, 0.1) is 0 Å². The van der Waals surface area contributed by atoms with Crippen molar-refractivity contribution in [2.45, 2.75) is 58.0 Å². The molecule has 1 heterocycles. The molecule has 1 aliphatic heterocycles. The molecule has 0 bridgehead atoms. The number of thioether (sulfide) groups is 1. The molecule has 1 atom stereocenters. The van der Waals surface area contributed by atoms with Gasteiger partial charge in [-0.25, -0.2) is 4.79 Å². The summed E-state index contributed by atoms with van der Waals surface area (Å²) >= 11 is 1.70. The summed E-state index contributed by atoms with van der Waals surface area (Å²) in [6, 6.07) is 12.0. The number of carboxylic acid groups (broad SMARTS) is 1. The fourth-order valence-corrected chi connectivity index (χ4v) is 3.98. The Morgan fingerprint density at radius 2 is 1.75 bits per heavy atom. The molecule has 174 valence electrons. The third kappa shape index (κ3) is 6.84. The van der Waals surface area contributed by atoms with Crippen LogP contribution in [-0.4, -0.2) is 41.8 Å². The van der Waals surface area contributed by atoms with Crippen molar-refractivity contribution in [3.05, 3.63) is 58.7 Å². The highest BCUT2D eigenvalue weighted by molar-refractivity contribution is 7.98. The zero-order valence-corrected chi connectivity index (χ0v) is 20.8. The van der Waals surface area contributed by atoms with Crippen LogP contribution in [0.2, 0.25) is 0 Å². The molecule has 32 heavy (non-hydrogen) atoms. The van der Waals surface area contributed by atoms with Gasteiger partial charge in [-0.15, -0.1) is 11.8 Å². The number of ketones is 1. The van der Waals surface area contributed by atoms with Crippen LogP contribution >= 0.6 is 11.8 Å². The molecule has 2 aromatic rings. The van der Waals surface area contributed by atoms with E-state index in [-0.39, 0.29) is 11.7 Å². The van der Waals surface area contributed by atoms with Crippen LogP contribution in [0.15, 0.2) is 41.3 Å². The summed E-state index contributed by atoms with van der Waals surface area (Å²) in [4.78, 5) is 24.3. The summed E-state index contributed by atoms with van der Waals surface area (Å²) in [5, 5.41) is 12.3. The van der Waals surface area contributed by atoms with Crippen LogP contribution in [0, 0.1) is 19.8 Å². The van der Waals surface area contributed by atoms with Gasteiger partial charge in [0.2, 0.25) is 0 Å². The van der Waals surface area contributed by atoms with Crippen LogP contribution in [0.4, 0.5) is 0 Å². The van der Waals surface area contributed by atoms with Gasteiger partial charge in [-0.05, 0) is 82.2 Å². The molecule has 6 heteroatoms. The summed E-state index contributed by atoms with van der Waals surface area (Å²) in [6.07, 6.45) is 3.98. The largest absolute Gasteiger partial charge is 0.478 e. The van der Waals surface area contributed by atoms with Crippen LogP contribution in [0.5, 0.6) is 5.75 Å². The van der Waals surface area contributed by atoms with Crippen molar-refractivity contribution in [1.82, 2.24) is 5.32 Å². The maximum absolute atomic E-state index is 12.0. The van der Waals surface area contributed by atoms with Gasteiger partial charge >= 0.3 is 5.97 Å². The average Bonchev–Trinajstić information content (AvgIpc) is 3.31. The number of hydrogen-bond acceptors (Lipinski definition) is 5. The minimum atomic E-state index is -1.21. The maximum atomic E-state index is 12.0. The number of nitrogens with one attached hydrogen (secondary N) is 1. The number of carbonyl (C=O) groups is 2. The van der Waals surface area contributed by atoms with Crippen molar-refractivity contribution >= 4 is 23.5 Å². The Hall–Kier alpha value is -2.31. The van der Waals surface area contributed by atoms with Gasteiger partial charge in [-0.1, -0.05) is 31.2 Å². The van der Waals surface area contributed by atoms with E-state index in [2.05, 4.69) is 12.2 Å². The lowest BCUT2D eigenvalue weighted by Gasteiger charge is -2.24. The number of carboxylic acids is 1. The predicted molar refractivity (Wildman–Crippen MR) is 131 cm³/mol. The number of ether oxygens (including phenoxy) is 1. The Morgan fingerprint density at radius 1 is 1.16 bits per heavy atom. The molecule has 0 aliphatic carbocycles. The third-order valence-electron chi connectivity index (χ3n) is 5.61. The molecular formula is C26H35NO4S. The highest BCUT2D eigenvalue weighted by atomic mass is 32.2. The molecule has 0 radical (unpaired) electrons. The normalized spacial score (nSPS) is 15.6. The zero-order chi connectivity index (χ0) is 23.9. The lowest BCUT2D eigenvalue weighted by molar-refractivity contribution is -0.152. The van der Waals surface area contributed by atoms with Crippen molar-refractivity contribution in [3.63, 3.8) is 0 Å². The summed E-state index contributed by atoms with van der Waals surface area (Å²) < 4.78 is 5.62. The Morgan fingerprint density at radius 3 is 2.19 bits per heavy atom. The molecular weight excluding hydrogens is 422 g/mol. The Balaban J connectivity index is 0.000000228. The fraction of sp³-hybridized carbons (Fsp3) is 0.462. The number of carbonyl (C=O) groups excluding carboxylic acids is 1. The predicted octanol–water partition coefficient (Wildman–Crippen LogP) is 5.31. The monoisotopic (exact) mass is 457 g/mol. The van der Waals surface area contributed by atoms with E-state index in [4.69, 9.17) is 9.84 Å². The van der Waals surface area contributed by atoms with Crippen molar-refractivity contribution in [2.24, 2.45) is 5.92 Å². The number of Topliss-reactive ketones (excluding diaryl/α,β-unsaturated/α-hetero) is 1. The van der Waals surface area contributed by atoms with Crippen LogP contribution in [0.25, 0.3) is 0 Å². The molecule has 0 spiro atoms. The van der Waals surface area contributed by atoms with E-state index < -0.39 is 11.6 Å². The molecule has 0 amide bonds. The first-order valence-electron chi connectivity index (χ1n) is 11.0. The Kier molecular flexibility index (Phi) is 9.34. The second-order valence-corrected chi connectivity index (χ2v) is 9.49. The lowest BCUT2D eigenvalue weighted by Crippen LogP contribution is -2.38. The van der Waals surface area contributed by atoms with E-state index in [0.717, 1.165) is 42.6 Å². The van der Waals surface area contributed by atoms with Gasteiger partial charge < -0.3 is 15.2 Å². The molecule has 5 nitrogen and oxygen atoms in total. The first-order valence-corrected chi connectivity index (χ1v) is 12.2. The maximum Gasteiger partial charge on any atom is 0.347 e. The minimum absolute atomic E-state index is 0.185. The minimum Gasteiger partial charge on any atom is -0.478 e. The molecule has 3 rings (SSSR count). The Labute approximate surface area is 196 Å². The first-order chi connectivity index (χ1) is 15.1. The first kappa shape index (κ1) is 25.9. The highest BCUT2D eigenvalue weighted by Gasteiger charge is 2.30. The van der Waals surface area contributed by atoms with Gasteiger partial charge in [0.1, 0.15) is 5.75 Å². The summed E-state index contributed by atoms with van der Waals surface area (Å²) in [7, 11) is 0. The van der Waals surface area contributed by atoms with Crippen LogP contribution in [-0.2, 0) is 11.2 Å².